The molecule has 1 amide bonds. The number of aromatic amines is 1. The summed E-state index contributed by atoms with van der Waals surface area (Å²) in [6, 6.07) is 9.94. The lowest BCUT2D eigenvalue weighted by Crippen LogP contribution is -2.52. The Morgan fingerprint density at radius 3 is 2.70 bits per heavy atom. The largest absolute Gasteiger partial charge is 0.393 e. The molecular formula is C20H23N3O4. The van der Waals surface area contributed by atoms with Crippen molar-refractivity contribution in [3.8, 4) is 0 Å². The molecule has 7 heteroatoms. The smallest absolute Gasteiger partial charge is 0.263 e. The lowest BCUT2D eigenvalue weighted by Gasteiger charge is -2.48. The molecule has 0 bridgehead atoms. The van der Waals surface area contributed by atoms with Crippen molar-refractivity contribution in [2.75, 3.05) is 13.1 Å². The van der Waals surface area contributed by atoms with Gasteiger partial charge in [0.15, 0.2) is 0 Å². The normalized spacial score (nSPS) is 24.7. The summed E-state index contributed by atoms with van der Waals surface area (Å²) in [5, 5.41) is 10.4. The average Bonchev–Trinajstić information content (AvgIpc) is 2.68. The Balaban J connectivity index is 1.46. The Labute approximate surface area is 157 Å². The van der Waals surface area contributed by atoms with E-state index in [2.05, 4.69) is 9.97 Å². The van der Waals surface area contributed by atoms with E-state index in [1.165, 1.54) is 12.5 Å². The van der Waals surface area contributed by atoms with Crippen molar-refractivity contribution >= 4 is 5.91 Å². The van der Waals surface area contributed by atoms with Crippen LogP contribution in [-0.4, -0.2) is 50.7 Å². The molecule has 2 aromatic rings. The molecule has 142 valence electrons. The minimum absolute atomic E-state index is 0.0557. The fourth-order valence-corrected chi connectivity index (χ4v) is 4.14. The number of benzene rings is 1. The number of likely N-dealkylation sites (tertiary alicyclic amines) is 1. The third kappa shape index (κ3) is 3.65. The first-order chi connectivity index (χ1) is 13.1. The predicted octanol–water partition coefficient (Wildman–Crippen LogP) is 1.66. The molecule has 3 heterocycles. The van der Waals surface area contributed by atoms with Gasteiger partial charge in [-0.25, -0.2) is 4.98 Å². The fourth-order valence-electron chi connectivity index (χ4n) is 4.14. The number of aliphatic hydroxyl groups excluding tert-OH is 1. The van der Waals surface area contributed by atoms with Gasteiger partial charge < -0.3 is 19.7 Å². The van der Waals surface area contributed by atoms with Crippen LogP contribution >= 0.6 is 0 Å². The highest BCUT2D eigenvalue weighted by molar-refractivity contribution is 5.93. The highest BCUT2D eigenvalue weighted by Crippen LogP contribution is 2.43. The number of carbonyl (C=O) groups excluding carboxylic acids is 1. The third-order valence-electron chi connectivity index (χ3n) is 5.57. The molecule has 2 fully saturated rings. The summed E-state index contributed by atoms with van der Waals surface area (Å²) in [4.78, 5) is 32.4. The van der Waals surface area contributed by atoms with Gasteiger partial charge in [0.2, 0.25) is 0 Å². The number of carbonyl (C=O) groups is 1. The number of nitrogens with zero attached hydrogens (tertiary/aromatic N) is 2. The standard InChI is InChI=1S/C20H23N3O4/c24-15-10-17(14-4-2-1-3-5-14)27-20(11-15)6-8-23(9-7-20)19(26)16-12-21-13-22-18(16)25/h1-5,12-13,15,17,24H,6-11H2,(H,21,22,25)/t15-,17-/m1/s1. The first-order valence-electron chi connectivity index (χ1n) is 9.29. The number of amides is 1. The minimum Gasteiger partial charge on any atom is -0.393 e. The second-order valence-electron chi connectivity index (χ2n) is 7.38. The summed E-state index contributed by atoms with van der Waals surface area (Å²) < 4.78 is 6.45. The van der Waals surface area contributed by atoms with Gasteiger partial charge in [0.1, 0.15) is 5.56 Å². The molecular weight excluding hydrogens is 346 g/mol. The second kappa shape index (κ2) is 7.25. The van der Waals surface area contributed by atoms with E-state index in [1.807, 2.05) is 30.3 Å². The Kier molecular flexibility index (Phi) is 4.80. The van der Waals surface area contributed by atoms with Crippen LogP contribution in [0.5, 0.6) is 0 Å². The Morgan fingerprint density at radius 1 is 1.26 bits per heavy atom. The van der Waals surface area contributed by atoms with Crippen LogP contribution in [0.4, 0.5) is 0 Å². The number of ether oxygens (including phenoxy) is 1. The molecule has 0 saturated carbocycles. The van der Waals surface area contributed by atoms with E-state index in [9.17, 15) is 14.7 Å². The van der Waals surface area contributed by atoms with Gasteiger partial charge in [-0.05, 0) is 18.4 Å². The minimum atomic E-state index is -0.434. The van der Waals surface area contributed by atoms with Gasteiger partial charge in [-0.1, -0.05) is 30.3 Å². The summed E-state index contributed by atoms with van der Waals surface area (Å²) in [5.74, 6) is -0.310. The maximum absolute atomic E-state index is 12.6. The number of aliphatic hydroxyl groups is 1. The molecule has 0 unspecified atom stereocenters. The van der Waals surface area contributed by atoms with E-state index < -0.39 is 17.3 Å². The van der Waals surface area contributed by atoms with Gasteiger partial charge in [0.05, 0.1) is 24.1 Å². The second-order valence-corrected chi connectivity index (χ2v) is 7.38. The number of H-pyrrole nitrogens is 1. The van der Waals surface area contributed by atoms with Crippen molar-refractivity contribution in [3.05, 3.63) is 64.3 Å². The van der Waals surface area contributed by atoms with Crippen molar-refractivity contribution in [3.63, 3.8) is 0 Å². The molecule has 1 spiro atoms. The van der Waals surface area contributed by atoms with Crippen LogP contribution < -0.4 is 5.56 Å². The zero-order valence-electron chi connectivity index (χ0n) is 15.0. The Hall–Kier alpha value is -2.51. The van der Waals surface area contributed by atoms with Crippen LogP contribution in [0, 0.1) is 0 Å². The molecule has 1 aromatic carbocycles. The van der Waals surface area contributed by atoms with Crippen molar-refractivity contribution in [1.29, 1.82) is 0 Å². The van der Waals surface area contributed by atoms with Gasteiger partial charge in [-0.3, -0.25) is 9.59 Å². The van der Waals surface area contributed by atoms with Crippen LogP contribution in [-0.2, 0) is 4.74 Å². The molecule has 1 aromatic heterocycles. The highest BCUT2D eigenvalue weighted by atomic mass is 16.5. The molecule has 0 radical (unpaired) electrons. The molecule has 0 aliphatic carbocycles. The van der Waals surface area contributed by atoms with Gasteiger partial charge in [-0.15, -0.1) is 0 Å². The number of hydrogen-bond donors (Lipinski definition) is 2. The van der Waals surface area contributed by atoms with E-state index in [4.69, 9.17) is 4.74 Å². The summed E-state index contributed by atoms with van der Waals surface area (Å²) in [6.45, 7) is 0.975. The van der Waals surface area contributed by atoms with Crippen molar-refractivity contribution in [1.82, 2.24) is 14.9 Å². The first-order valence-corrected chi connectivity index (χ1v) is 9.29. The molecule has 2 N–H and O–H groups in total. The van der Waals surface area contributed by atoms with Gasteiger partial charge >= 0.3 is 0 Å². The van der Waals surface area contributed by atoms with Crippen molar-refractivity contribution in [2.45, 2.75) is 43.5 Å². The zero-order valence-corrected chi connectivity index (χ0v) is 15.0. The van der Waals surface area contributed by atoms with E-state index in [0.29, 0.717) is 38.8 Å². The lowest BCUT2D eigenvalue weighted by atomic mass is 9.81. The molecule has 2 aliphatic heterocycles. The number of rotatable bonds is 2. The first kappa shape index (κ1) is 17.9. The summed E-state index contributed by atoms with van der Waals surface area (Å²) in [5.41, 5.74) is 0.260. The highest BCUT2D eigenvalue weighted by Gasteiger charge is 2.44. The van der Waals surface area contributed by atoms with Crippen LogP contribution in [0.25, 0.3) is 0 Å². The average molecular weight is 369 g/mol. The van der Waals surface area contributed by atoms with Crippen LogP contribution in [0.2, 0.25) is 0 Å². The van der Waals surface area contributed by atoms with Gasteiger partial charge in [0, 0.05) is 32.1 Å². The summed E-state index contributed by atoms with van der Waals surface area (Å²) in [6.07, 6.45) is 4.44. The Morgan fingerprint density at radius 2 is 2.00 bits per heavy atom. The number of hydrogen-bond acceptors (Lipinski definition) is 5. The lowest BCUT2D eigenvalue weighted by molar-refractivity contribution is -0.181. The summed E-state index contributed by atoms with van der Waals surface area (Å²) in [7, 11) is 0. The third-order valence-corrected chi connectivity index (χ3v) is 5.57. The number of nitrogens with one attached hydrogen (secondary N) is 1. The molecule has 2 atom stereocenters. The SMILES string of the molecule is O=C(c1cnc[nH]c1=O)N1CCC2(CC1)C[C@H](O)C[C@H](c1ccccc1)O2. The van der Waals surface area contributed by atoms with Gasteiger partial charge in [0.25, 0.3) is 11.5 Å². The monoisotopic (exact) mass is 369 g/mol. The van der Waals surface area contributed by atoms with Crippen molar-refractivity contribution in [2.24, 2.45) is 0 Å². The zero-order chi connectivity index (χ0) is 18.9. The molecule has 2 aliphatic rings. The Bertz CT molecular complexity index is 859. The maximum Gasteiger partial charge on any atom is 0.263 e. The summed E-state index contributed by atoms with van der Waals surface area (Å²) >= 11 is 0. The van der Waals surface area contributed by atoms with E-state index in [-0.39, 0.29) is 17.6 Å². The molecule has 27 heavy (non-hydrogen) atoms. The fraction of sp³-hybridized carbons (Fsp3) is 0.450. The predicted molar refractivity (Wildman–Crippen MR) is 98.2 cm³/mol. The van der Waals surface area contributed by atoms with E-state index in [1.54, 1.807) is 4.90 Å². The van der Waals surface area contributed by atoms with E-state index >= 15 is 0 Å². The van der Waals surface area contributed by atoms with Gasteiger partial charge in [-0.2, -0.15) is 0 Å². The maximum atomic E-state index is 12.6. The quantitative estimate of drug-likeness (QED) is 0.839. The van der Waals surface area contributed by atoms with Crippen LogP contribution in [0.3, 0.4) is 0 Å². The molecule has 7 nitrogen and oxygen atoms in total. The number of aromatic nitrogens is 2. The molecule has 2 saturated heterocycles. The van der Waals surface area contributed by atoms with Crippen LogP contribution in [0.15, 0.2) is 47.7 Å². The number of piperidine rings is 1. The van der Waals surface area contributed by atoms with E-state index in [0.717, 1.165) is 5.56 Å². The molecule has 4 rings (SSSR count). The topological polar surface area (TPSA) is 95.5 Å². The van der Waals surface area contributed by atoms with Crippen LogP contribution in [0.1, 0.15) is 47.7 Å². The van der Waals surface area contributed by atoms with Crippen molar-refractivity contribution < 1.29 is 14.6 Å².